The van der Waals surface area contributed by atoms with Crippen LogP contribution in [0.1, 0.15) is 57.6 Å². The smallest absolute Gasteiger partial charge is 0.411 e. The molecule has 164 valence electrons. The summed E-state index contributed by atoms with van der Waals surface area (Å²) in [6, 6.07) is 19.0. The van der Waals surface area contributed by atoms with Crippen LogP contribution < -0.4 is 4.74 Å². The quantitative estimate of drug-likeness (QED) is 0.534. The molecule has 4 rings (SSSR count). The largest absolute Gasteiger partial charge is 0.489 e. The lowest BCUT2D eigenvalue weighted by Crippen LogP contribution is -2.53. The molecular formula is C27H33NO3. The van der Waals surface area contributed by atoms with Crippen molar-refractivity contribution in [3.8, 4) is 5.75 Å². The number of piperidine rings is 1. The topological polar surface area (TPSA) is 38.8 Å². The molecule has 2 atom stereocenters. The number of amides is 1. The molecule has 0 radical (unpaired) electrons. The molecule has 31 heavy (non-hydrogen) atoms. The van der Waals surface area contributed by atoms with E-state index in [1.54, 1.807) is 0 Å². The summed E-state index contributed by atoms with van der Waals surface area (Å²) in [5.41, 5.74) is 3.36. The van der Waals surface area contributed by atoms with Gasteiger partial charge in [-0.1, -0.05) is 54.1 Å². The van der Waals surface area contributed by atoms with E-state index >= 15 is 0 Å². The molecule has 0 N–H and O–H groups in total. The molecular weight excluding hydrogens is 386 g/mol. The van der Waals surface area contributed by atoms with Crippen molar-refractivity contribution in [1.29, 1.82) is 0 Å². The number of carbonyl (C=O) groups excluding carboxylic acids is 1. The first-order valence-electron chi connectivity index (χ1n) is 11.3. The van der Waals surface area contributed by atoms with E-state index in [4.69, 9.17) is 9.47 Å². The van der Waals surface area contributed by atoms with E-state index in [2.05, 4.69) is 36.4 Å². The maximum atomic E-state index is 12.8. The van der Waals surface area contributed by atoms with Crippen molar-refractivity contribution in [2.24, 2.45) is 0 Å². The summed E-state index contributed by atoms with van der Waals surface area (Å²) in [6.45, 7) is 6.36. The lowest BCUT2D eigenvalue weighted by atomic mass is 9.83. The molecule has 2 aromatic carbocycles. The van der Waals surface area contributed by atoms with Gasteiger partial charge in [0.1, 0.15) is 18.0 Å². The van der Waals surface area contributed by atoms with Gasteiger partial charge in [0.15, 0.2) is 0 Å². The van der Waals surface area contributed by atoms with E-state index in [1.807, 2.05) is 49.9 Å². The van der Waals surface area contributed by atoms with Crippen LogP contribution in [0.15, 0.2) is 66.2 Å². The Bertz CT molecular complexity index is 929. The second kappa shape index (κ2) is 9.17. The van der Waals surface area contributed by atoms with Crippen molar-refractivity contribution in [2.45, 2.75) is 77.2 Å². The number of nitrogens with zero attached hydrogens (tertiary/aromatic N) is 1. The lowest BCUT2D eigenvalue weighted by molar-refractivity contribution is -0.00150. The average Bonchev–Trinajstić information content (AvgIpc) is 2.71. The Morgan fingerprint density at radius 3 is 2.55 bits per heavy atom. The number of hydrogen-bond acceptors (Lipinski definition) is 3. The molecule has 0 saturated carbocycles. The molecule has 4 heteroatoms. The lowest BCUT2D eigenvalue weighted by Gasteiger charge is -2.45. The van der Waals surface area contributed by atoms with Gasteiger partial charge in [0.25, 0.3) is 0 Å². The van der Waals surface area contributed by atoms with E-state index in [0.29, 0.717) is 6.61 Å². The second-order valence-corrected chi connectivity index (χ2v) is 9.67. The van der Waals surface area contributed by atoms with Crippen LogP contribution in [0.5, 0.6) is 5.75 Å². The summed E-state index contributed by atoms with van der Waals surface area (Å²) in [4.78, 5) is 14.8. The number of benzene rings is 2. The molecule has 2 unspecified atom stereocenters. The Hall–Kier alpha value is -2.75. The predicted octanol–water partition coefficient (Wildman–Crippen LogP) is 6.30. The maximum absolute atomic E-state index is 12.8. The van der Waals surface area contributed by atoms with Crippen LogP contribution >= 0.6 is 0 Å². The molecule has 0 aromatic heterocycles. The molecule has 2 heterocycles. The van der Waals surface area contributed by atoms with Gasteiger partial charge in [-0.25, -0.2) is 4.79 Å². The Morgan fingerprint density at radius 1 is 1.03 bits per heavy atom. The summed E-state index contributed by atoms with van der Waals surface area (Å²) in [5.74, 6) is 0.897. The van der Waals surface area contributed by atoms with Gasteiger partial charge in [0, 0.05) is 6.04 Å². The first-order chi connectivity index (χ1) is 14.9. The van der Waals surface area contributed by atoms with Crippen LogP contribution in [0, 0.1) is 0 Å². The third-order valence-electron chi connectivity index (χ3n) is 5.90. The van der Waals surface area contributed by atoms with Crippen LogP contribution in [-0.2, 0) is 17.8 Å². The number of fused-ring (bicyclic) bond motifs is 2. The van der Waals surface area contributed by atoms with Gasteiger partial charge in [-0.15, -0.1) is 0 Å². The third kappa shape index (κ3) is 5.69. The van der Waals surface area contributed by atoms with Gasteiger partial charge in [0.05, 0.1) is 6.04 Å². The highest BCUT2D eigenvalue weighted by atomic mass is 16.6. The van der Waals surface area contributed by atoms with Crippen molar-refractivity contribution in [2.75, 3.05) is 0 Å². The van der Waals surface area contributed by atoms with Crippen molar-refractivity contribution < 1.29 is 14.3 Å². The Kier molecular flexibility index (Phi) is 6.35. The molecule has 2 aliphatic rings. The Labute approximate surface area is 185 Å². The Morgan fingerprint density at radius 2 is 1.81 bits per heavy atom. The molecule has 0 aliphatic carbocycles. The third-order valence-corrected chi connectivity index (χ3v) is 5.90. The second-order valence-electron chi connectivity index (χ2n) is 9.67. The van der Waals surface area contributed by atoms with E-state index in [1.165, 1.54) is 17.6 Å². The first-order valence-corrected chi connectivity index (χ1v) is 11.3. The zero-order valence-corrected chi connectivity index (χ0v) is 18.8. The average molecular weight is 420 g/mol. The van der Waals surface area contributed by atoms with E-state index < -0.39 is 5.60 Å². The molecule has 2 bridgehead atoms. The predicted molar refractivity (Wildman–Crippen MR) is 123 cm³/mol. The summed E-state index contributed by atoms with van der Waals surface area (Å²) in [7, 11) is 0. The van der Waals surface area contributed by atoms with Gasteiger partial charge in [-0.3, -0.25) is 4.90 Å². The summed E-state index contributed by atoms with van der Waals surface area (Å²) in [5, 5.41) is 0. The number of ether oxygens (including phenoxy) is 2. The summed E-state index contributed by atoms with van der Waals surface area (Å²) in [6.07, 6.45) is 7.18. The van der Waals surface area contributed by atoms with Gasteiger partial charge in [0.2, 0.25) is 0 Å². The zero-order valence-electron chi connectivity index (χ0n) is 18.8. The fourth-order valence-corrected chi connectivity index (χ4v) is 4.60. The van der Waals surface area contributed by atoms with Crippen LogP contribution in [0.3, 0.4) is 0 Å². The van der Waals surface area contributed by atoms with E-state index in [-0.39, 0.29) is 18.2 Å². The SMILES string of the molecule is CC(C)(C)OC(=O)N1C2C=C(Cc3cccc(OCc4ccccc4)c3)CC1CCC2. The van der Waals surface area contributed by atoms with Crippen LogP contribution in [-0.4, -0.2) is 28.7 Å². The first kappa shape index (κ1) is 21.5. The molecule has 4 nitrogen and oxygen atoms in total. The molecule has 0 spiro atoms. The van der Waals surface area contributed by atoms with Crippen LogP contribution in [0.25, 0.3) is 0 Å². The minimum atomic E-state index is -0.463. The highest BCUT2D eigenvalue weighted by molar-refractivity contribution is 5.70. The van der Waals surface area contributed by atoms with Crippen LogP contribution in [0.4, 0.5) is 4.79 Å². The van der Waals surface area contributed by atoms with E-state index in [0.717, 1.165) is 37.0 Å². The number of carbonyl (C=O) groups is 1. The molecule has 2 aromatic rings. The number of rotatable bonds is 5. The molecule has 1 fully saturated rings. The minimum Gasteiger partial charge on any atom is -0.489 e. The molecule has 1 saturated heterocycles. The molecule has 1 amide bonds. The highest BCUT2D eigenvalue weighted by Gasteiger charge is 2.39. The van der Waals surface area contributed by atoms with Crippen molar-refractivity contribution >= 4 is 6.09 Å². The van der Waals surface area contributed by atoms with Gasteiger partial charge in [-0.05, 0) is 76.1 Å². The zero-order chi connectivity index (χ0) is 21.8. The van der Waals surface area contributed by atoms with Gasteiger partial charge >= 0.3 is 6.09 Å². The number of hydrogen-bond donors (Lipinski definition) is 0. The maximum Gasteiger partial charge on any atom is 0.411 e. The summed E-state index contributed by atoms with van der Waals surface area (Å²) < 4.78 is 11.7. The Balaban J connectivity index is 1.42. The van der Waals surface area contributed by atoms with Crippen molar-refractivity contribution in [3.63, 3.8) is 0 Å². The van der Waals surface area contributed by atoms with Crippen LogP contribution in [0.2, 0.25) is 0 Å². The molecule has 2 aliphatic heterocycles. The van der Waals surface area contributed by atoms with Crippen molar-refractivity contribution in [1.82, 2.24) is 4.90 Å². The fourth-order valence-electron chi connectivity index (χ4n) is 4.60. The van der Waals surface area contributed by atoms with Gasteiger partial charge in [-0.2, -0.15) is 0 Å². The van der Waals surface area contributed by atoms with E-state index in [9.17, 15) is 4.79 Å². The standard InChI is InChI=1S/C27H33NO3/c1-27(2,3)31-26(29)28-23-12-8-13-24(28)17-22(16-23)15-21-11-7-14-25(18-21)30-19-20-9-5-4-6-10-20/h4-7,9-11,14,16,18,23-24H,8,12-13,15,17,19H2,1-3H3. The monoisotopic (exact) mass is 419 g/mol. The van der Waals surface area contributed by atoms with Crippen molar-refractivity contribution in [3.05, 3.63) is 77.4 Å². The summed E-state index contributed by atoms with van der Waals surface area (Å²) >= 11 is 0. The normalized spacial score (nSPS) is 20.7. The highest BCUT2D eigenvalue weighted by Crippen LogP contribution is 2.35. The fraction of sp³-hybridized carbons (Fsp3) is 0.444. The minimum absolute atomic E-state index is 0.148. The van der Waals surface area contributed by atoms with Gasteiger partial charge < -0.3 is 9.47 Å².